The summed E-state index contributed by atoms with van der Waals surface area (Å²) in [6.07, 6.45) is 2.32. The van der Waals surface area contributed by atoms with E-state index < -0.39 is 7.82 Å². The van der Waals surface area contributed by atoms with Gasteiger partial charge in [-0.3, -0.25) is 4.52 Å². The number of hydrogen-bond acceptors (Lipinski definition) is 3. The normalized spacial score (nSPS) is 14.6. The summed E-state index contributed by atoms with van der Waals surface area (Å²) in [5.41, 5.74) is 0. The van der Waals surface area contributed by atoms with E-state index in [1.54, 1.807) is 6.08 Å². The van der Waals surface area contributed by atoms with E-state index in [2.05, 4.69) is 11.1 Å². The number of phosphoric ester groups is 1. The molecule has 0 saturated heterocycles. The zero-order chi connectivity index (χ0) is 13.5. The highest BCUT2D eigenvalue weighted by molar-refractivity contribution is 7.46. The molecule has 102 valence electrons. The highest BCUT2D eigenvalue weighted by Gasteiger charge is 2.27. The van der Waals surface area contributed by atoms with E-state index in [9.17, 15) is 4.57 Å². The standard InChI is InChI=1S/C10H22NO5P/c1-5-7-15-8-6-10(11(2,3)4)9-16-17(12,13)14/h5,10H,1,6-9H2,2-4H3,(H-,12,13,14)/p+1. The molecule has 0 radical (unpaired) electrons. The Morgan fingerprint density at radius 1 is 1.41 bits per heavy atom. The molecule has 0 heterocycles. The van der Waals surface area contributed by atoms with Gasteiger partial charge in [0.05, 0.1) is 34.4 Å². The lowest BCUT2D eigenvalue weighted by molar-refractivity contribution is -0.896. The Bertz CT molecular complexity index is 270. The summed E-state index contributed by atoms with van der Waals surface area (Å²) in [4.78, 5) is 17.4. The van der Waals surface area contributed by atoms with Gasteiger partial charge in [-0.15, -0.1) is 6.58 Å². The second-order valence-electron chi connectivity index (χ2n) is 4.71. The van der Waals surface area contributed by atoms with Crippen molar-refractivity contribution >= 4 is 7.82 Å². The van der Waals surface area contributed by atoms with Crippen LogP contribution in [0.5, 0.6) is 0 Å². The lowest BCUT2D eigenvalue weighted by Crippen LogP contribution is -2.48. The average Bonchev–Trinajstić information content (AvgIpc) is 2.13. The van der Waals surface area contributed by atoms with Gasteiger partial charge in [0, 0.05) is 6.42 Å². The predicted molar refractivity (Wildman–Crippen MR) is 65.4 cm³/mol. The number of phosphoric acid groups is 1. The monoisotopic (exact) mass is 268 g/mol. The van der Waals surface area contributed by atoms with Crippen molar-refractivity contribution in [1.82, 2.24) is 0 Å². The van der Waals surface area contributed by atoms with Crippen LogP contribution in [-0.4, -0.2) is 61.3 Å². The fourth-order valence-electron chi connectivity index (χ4n) is 1.26. The molecule has 0 aromatic heterocycles. The van der Waals surface area contributed by atoms with Crippen molar-refractivity contribution in [2.75, 3.05) is 41.0 Å². The Hall–Kier alpha value is -0.230. The van der Waals surface area contributed by atoms with E-state index >= 15 is 0 Å². The molecule has 2 N–H and O–H groups in total. The quantitative estimate of drug-likeness (QED) is 0.279. The summed E-state index contributed by atoms with van der Waals surface area (Å²) in [6.45, 7) is 4.53. The number of rotatable bonds is 9. The highest BCUT2D eigenvalue weighted by Crippen LogP contribution is 2.36. The molecule has 17 heavy (non-hydrogen) atoms. The van der Waals surface area contributed by atoms with Crippen LogP contribution in [0.4, 0.5) is 0 Å². The van der Waals surface area contributed by atoms with Crippen LogP contribution in [0.2, 0.25) is 0 Å². The minimum absolute atomic E-state index is 0.00519. The van der Waals surface area contributed by atoms with Crippen LogP contribution in [0.3, 0.4) is 0 Å². The Kier molecular flexibility index (Phi) is 7.16. The molecule has 0 bridgehead atoms. The Labute approximate surface area is 103 Å². The SMILES string of the molecule is C=CCOCCC(COP(=O)(O)O)[N+](C)(C)C. The Balaban J connectivity index is 4.16. The molecule has 0 aliphatic carbocycles. The molecular formula is C10H23NO5P+. The summed E-state index contributed by atoms with van der Waals surface area (Å²) >= 11 is 0. The van der Waals surface area contributed by atoms with Gasteiger partial charge in [-0.25, -0.2) is 4.57 Å². The van der Waals surface area contributed by atoms with Crippen LogP contribution in [0, 0.1) is 0 Å². The molecule has 0 saturated carbocycles. The van der Waals surface area contributed by atoms with Crippen molar-refractivity contribution in [3.63, 3.8) is 0 Å². The van der Waals surface area contributed by atoms with Crippen molar-refractivity contribution in [3.8, 4) is 0 Å². The van der Waals surface area contributed by atoms with Crippen LogP contribution in [0.15, 0.2) is 12.7 Å². The first-order valence-corrected chi connectivity index (χ1v) is 6.89. The van der Waals surface area contributed by atoms with Gasteiger partial charge in [0.2, 0.25) is 0 Å². The molecular weight excluding hydrogens is 245 g/mol. The minimum Gasteiger partial charge on any atom is -0.377 e. The molecule has 6 nitrogen and oxygen atoms in total. The lowest BCUT2D eigenvalue weighted by atomic mass is 10.2. The van der Waals surface area contributed by atoms with Crippen molar-refractivity contribution < 1.29 is 28.1 Å². The first-order chi connectivity index (χ1) is 7.67. The van der Waals surface area contributed by atoms with E-state index in [1.807, 2.05) is 21.1 Å². The van der Waals surface area contributed by atoms with E-state index in [-0.39, 0.29) is 12.6 Å². The second-order valence-corrected chi connectivity index (χ2v) is 5.95. The van der Waals surface area contributed by atoms with Gasteiger partial charge in [-0.1, -0.05) is 6.08 Å². The van der Waals surface area contributed by atoms with E-state index in [4.69, 9.17) is 14.5 Å². The summed E-state index contributed by atoms with van der Waals surface area (Å²) < 4.78 is 21.0. The third-order valence-electron chi connectivity index (χ3n) is 2.36. The van der Waals surface area contributed by atoms with Gasteiger partial charge in [0.25, 0.3) is 0 Å². The molecule has 0 amide bonds. The van der Waals surface area contributed by atoms with Gasteiger partial charge in [-0.05, 0) is 0 Å². The summed E-state index contributed by atoms with van der Waals surface area (Å²) in [5.74, 6) is 0. The fraction of sp³-hybridized carbons (Fsp3) is 0.800. The molecule has 0 spiro atoms. The lowest BCUT2D eigenvalue weighted by Gasteiger charge is -2.33. The summed E-state index contributed by atoms with van der Waals surface area (Å²) in [7, 11) is 1.44. The Morgan fingerprint density at radius 2 is 2.00 bits per heavy atom. The maximum atomic E-state index is 10.7. The third-order valence-corrected chi connectivity index (χ3v) is 2.85. The molecule has 0 aromatic rings. The molecule has 0 rings (SSSR count). The van der Waals surface area contributed by atoms with Crippen molar-refractivity contribution in [3.05, 3.63) is 12.7 Å². The first-order valence-electron chi connectivity index (χ1n) is 5.36. The predicted octanol–water partition coefficient (Wildman–Crippen LogP) is 0.763. The molecule has 0 aliphatic heterocycles. The summed E-state index contributed by atoms with van der Waals surface area (Å²) in [6, 6.07) is -0.0348. The minimum atomic E-state index is -4.40. The second kappa shape index (κ2) is 7.26. The van der Waals surface area contributed by atoms with Crippen molar-refractivity contribution in [2.45, 2.75) is 12.5 Å². The van der Waals surface area contributed by atoms with Crippen LogP contribution < -0.4 is 0 Å². The molecule has 0 aliphatic rings. The molecule has 1 atom stereocenters. The van der Waals surface area contributed by atoms with Crippen LogP contribution in [0.1, 0.15) is 6.42 Å². The molecule has 1 unspecified atom stereocenters. The maximum absolute atomic E-state index is 10.7. The summed E-state index contributed by atoms with van der Waals surface area (Å²) in [5, 5.41) is 0. The van der Waals surface area contributed by atoms with Gasteiger partial charge in [0.1, 0.15) is 12.6 Å². The number of hydrogen-bond donors (Lipinski definition) is 2. The molecule has 7 heteroatoms. The largest absolute Gasteiger partial charge is 0.469 e. The zero-order valence-electron chi connectivity index (χ0n) is 10.7. The van der Waals surface area contributed by atoms with Crippen molar-refractivity contribution in [1.29, 1.82) is 0 Å². The zero-order valence-corrected chi connectivity index (χ0v) is 11.6. The van der Waals surface area contributed by atoms with Gasteiger partial charge < -0.3 is 19.0 Å². The Morgan fingerprint density at radius 3 is 2.41 bits per heavy atom. The van der Waals surface area contributed by atoms with Gasteiger partial charge >= 0.3 is 7.82 Å². The van der Waals surface area contributed by atoms with E-state index in [0.29, 0.717) is 24.1 Å². The van der Waals surface area contributed by atoms with E-state index in [0.717, 1.165) is 0 Å². The van der Waals surface area contributed by atoms with Crippen molar-refractivity contribution in [2.24, 2.45) is 0 Å². The van der Waals surface area contributed by atoms with Crippen LogP contribution in [0.25, 0.3) is 0 Å². The molecule has 0 aromatic carbocycles. The number of ether oxygens (including phenoxy) is 1. The van der Waals surface area contributed by atoms with Gasteiger partial charge in [-0.2, -0.15) is 0 Å². The van der Waals surface area contributed by atoms with Crippen LogP contribution in [-0.2, 0) is 13.8 Å². The number of likely N-dealkylation sites (N-methyl/N-ethyl adjacent to an activating group) is 1. The number of quaternary nitrogens is 1. The maximum Gasteiger partial charge on any atom is 0.469 e. The third kappa shape index (κ3) is 9.47. The first kappa shape index (κ1) is 16.8. The van der Waals surface area contributed by atoms with Gasteiger partial charge in [0.15, 0.2) is 0 Å². The smallest absolute Gasteiger partial charge is 0.377 e. The number of nitrogens with zero attached hydrogens (tertiary/aromatic N) is 1. The fourth-order valence-corrected chi connectivity index (χ4v) is 1.63. The highest BCUT2D eigenvalue weighted by atomic mass is 31.2. The van der Waals surface area contributed by atoms with Crippen LogP contribution >= 0.6 is 7.82 Å². The van der Waals surface area contributed by atoms with E-state index in [1.165, 1.54) is 0 Å². The molecule has 0 fully saturated rings. The topological polar surface area (TPSA) is 76.0 Å². The average molecular weight is 268 g/mol.